The van der Waals surface area contributed by atoms with Crippen LogP contribution in [-0.4, -0.2) is 32.9 Å². The Morgan fingerprint density at radius 2 is 2.30 bits per heavy atom. The van der Waals surface area contributed by atoms with Gasteiger partial charge in [-0.15, -0.1) is 11.8 Å². The normalized spacial score (nSPS) is 13.1. The van der Waals surface area contributed by atoms with Crippen molar-refractivity contribution in [2.75, 3.05) is 12.4 Å². The molecule has 2 aromatic heterocycles. The Kier molecular flexibility index (Phi) is 5.36. The van der Waals surface area contributed by atoms with Crippen molar-refractivity contribution < 1.29 is 9.53 Å². The highest BCUT2D eigenvalue weighted by Crippen LogP contribution is 2.38. The summed E-state index contributed by atoms with van der Waals surface area (Å²) in [5, 5.41) is 1.42. The lowest BCUT2D eigenvalue weighted by molar-refractivity contribution is -0.142. The van der Waals surface area contributed by atoms with Crippen LogP contribution in [0.25, 0.3) is 22.2 Å². The van der Waals surface area contributed by atoms with E-state index in [1.807, 2.05) is 6.92 Å². The highest BCUT2D eigenvalue weighted by Gasteiger charge is 2.20. The number of nitrogens with zero attached hydrogens (tertiary/aromatic N) is 3. The maximum absolute atomic E-state index is 11.6. The maximum Gasteiger partial charge on any atom is 0.306 e. The molecule has 0 atom stereocenters. The fourth-order valence-corrected chi connectivity index (χ4v) is 4.61. The number of ether oxygens (including phenoxy) is 1. The van der Waals surface area contributed by atoms with Crippen LogP contribution in [0, 0.1) is 0 Å². The van der Waals surface area contributed by atoms with Gasteiger partial charge in [0.1, 0.15) is 0 Å². The summed E-state index contributed by atoms with van der Waals surface area (Å²) >= 11 is 7.67. The van der Waals surface area contributed by atoms with Crippen molar-refractivity contribution in [1.29, 1.82) is 0 Å². The van der Waals surface area contributed by atoms with E-state index in [1.54, 1.807) is 18.0 Å². The molecule has 1 aliphatic heterocycles. The lowest BCUT2D eigenvalue weighted by atomic mass is 10.0. The standard InChI is InChI=1S/C20H20ClN3O2S/c1-2-26-17(25)8-10-27-16-11-22-20(21)23-18(16)15-12-24-9-4-6-13-5-3-7-14(15)19(13)24/h3,5,7,11-12H,2,4,6,8-10H2,1H3. The Labute approximate surface area is 167 Å². The van der Waals surface area contributed by atoms with Gasteiger partial charge in [-0.2, -0.15) is 0 Å². The van der Waals surface area contributed by atoms with Crippen LogP contribution in [0.2, 0.25) is 5.28 Å². The third-order valence-corrected chi connectivity index (χ3v) is 5.88. The largest absolute Gasteiger partial charge is 0.466 e. The zero-order valence-corrected chi connectivity index (χ0v) is 16.6. The number of carbonyl (C=O) groups is 1. The number of thioether (sulfide) groups is 1. The van der Waals surface area contributed by atoms with Gasteiger partial charge in [0.2, 0.25) is 5.28 Å². The molecule has 27 heavy (non-hydrogen) atoms. The number of hydrogen-bond acceptors (Lipinski definition) is 5. The Hall–Kier alpha value is -2.05. The fourth-order valence-electron chi connectivity index (χ4n) is 3.57. The van der Waals surface area contributed by atoms with Crippen molar-refractivity contribution in [3.05, 3.63) is 41.4 Å². The van der Waals surface area contributed by atoms with Crippen molar-refractivity contribution in [3.8, 4) is 11.3 Å². The molecule has 5 nitrogen and oxygen atoms in total. The van der Waals surface area contributed by atoms with Crippen LogP contribution in [0.4, 0.5) is 0 Å². The molecule has 1 aliphatic rings. The number of esters is 1. The van der Waals surface area contributed by atoms with E-state index in [2.05, 4.69) is 38.9 Å². The highest BCUT2D eigenvalue weighted by atomic mass is 35.5. The SMILES string of the molecule is CCOC(=O)CCSc1cnc(Cl)nc1-c1cn2c3c(cccc13)CCC2. The van der Waals surface area contributed by atoms with Crippen LogP contribution in [-0.2, 0) is 22.5 Å². The summed E-state index contributed by atoms with van der Waals surface area (Å²) < 4.78 is 7.31. The molecule has 1 aromatic carbocycles. The van der Waals surface area contributed by atoms with Crippen LogP contribution in [0.15, 0.2) is 35.5 Å². The number of rotatable bonds is 6. The first-order valence-corrected chi connectivity index (χ1v) is 10.5. The van der Waals surface area contributed by atoms with Gasteiger partial charge in [-0.25, -0.2) is 9.97 Å². The maximum atomic E-state index is 11.6. The minimum absolute atomic E-state index is 0.187. The van der Waals surface area contributed by atoms with Crippen LogP contribution < -0.4 is 0 Å². The van der Waals surface area contributed by atoms with Crippen LogP contribution in [0.1, 0.15) is 25.3 Å². The molecule has 3 heterocycles. The highest BCUT2D eigenvalue weighted by molar-refractivity contribution is 7.99. The molecule has 0 fully saturated rings. The second-order valence-electron chi connectivity index (χ2n) is 6.41. The number of benzene rings is 1. The summed E-state index contributed by atoms with van der Waals surface area (Å²) in [6, 6.07) is 6.44. The van der Waals surface area contributed by atoms with Gasteiger partial charge in [-0.3, -0.25) is 4.79 Å². The van der Waals surface area contributed by atoms with Gasteiger partial charge in [0, 0.05) is 35.6 Å². The number of carbonyl (C=O) groups excluding carboxylic acids is 1. The topological polar surface area (TPSA) is 57.0 Å². The average Bonchev–Trinajstić information content (AvgIpc) is 3.04. The first-order valence-electron chi connectivity index (χ1n) is 9.09. The molecule has 0 radical (unpaired) electrons. The summed E-state index contributed by atoms with van der Waals surface area (Å²) in [7, 11) is 0. The Morgan fingerprint density at radius 1 is 1.41 bits per heavy atom. The molecule has 140 valence electrons. The van der Waals surface area contributed by atoms with E-state index >= 15 is 0 Å². The summed E-state index contributed by atoms with van der Waals surface area (Å²) in [5.41, 5.74) is 4.56. The number of halogens is 1. The molecule has 0 saturated carbocycles. The monoisotopic (exact) mass is 401 g/mol. The van der Waals surface area contributed by atoms with Crippen LogP contribution >= 0.6 is 23.4 Å². The molecule has 0 spiro atoms. The molecule has 4 rings (SSSR count). The molecule has 0 saturated heterocycles. The van der Waals surface area contributed by atoms with Crippen molar-refractivity contribution in [2.24, 2.45) is 0 Å². The molecule has 0 unspecified atom stereocenters. The third-order valence-electron chi connectivity index (χ3n) is 4.68. The van der Waals surface area contributed by atoms with E-state index in [0.717, 1.165) is 35.5 Å². The summed E-state index contributed by atoms with van der Waals surface area (Å²) in [4.78, 5) is 21.2. The molecule has 0 amide bonds. The molecule has 7 heteroatoms. The number of aryl methyl sites for hydroxylation is 2. The lowest BCUT2D eigenvalue weighted by Gasteiger charge is -2.14. The van der Waals surface area contributed by atoms with Crippen LogP contribution in [0.5, 0.6) is 0 Å². The van der Waals surface area contributed by atoms with E-state index in [4.69, 9.17) is 16.3 Å². The molecule has 3 aromatic rings. The molecule has 0 aliphatic carbocycles. The molecule has 0 N–H and O–H groups in total. The van der Waals surface area contributed by atoms with Gasteiger partial charge in [-0.05, 0) is 36.9 Å². The predicted octanol–water partition coefficient (Wildman–Crippen LogP) is 4.74. The second kappa shape index (κ2) is 7.90. The van der Waals surface area contributed by atoms with E-state index in [9.17, 15) is 4.79 Å². The van der Waals surface area contributed by atoms with Gasteiger partial charge < -0.3 is 9.30 Å². The molecule has 0 bridgehead atoms. The minimum atomic E-state index is -0.187. The van der Waals surface area contributed by atoms with Gasteiger partial charge in [0.25, 0.3) is 0 Å². The van der Waals surface area contributed by atoms with E-state index in [1.165, 1.54) is 16.5 Å². The summed E-state index contributed by atoms with van der Waals surface area (Å²) in [6.07, 6.45) is 6.51. The lowest BCUT2D eigenvalue weighted by Crippen LogP contribution is -2.05. The Balaban J connectivity index is 1.70. The van der Waals surface area contributed by atoms with Gasteiger partial charge >= 0.3 is 5.97 Å². The number of para-hydroxylation sites is 1. The fraction of sp³-hybridized carbons (Fsp3) is 0.350. The van der Waals surface area contributed by atoms with Gasteiger partial charge in [0.05, 0.1) is 29.1 Å². The second-order valence-corrected chi connectivity index (χ2v) is 7.88. The van der Waals surface area contributed by atoms with Crippen molar-refractivity contribution in [1.82, 2.24) is 14.5 Å². The van der Waals surface area contributed by atoms with Crippen molar-refractivity contribution in [2.45, 2.75) is 37.6 Å². The van der Waals surface area contributed by atoms with E-state index < -0.39 is 0 Å². The Morgan fingerprint density at radius 3 is 3.15 bits per heavy atom. The quantitative estimate of drug-likeness (QED) is 0.339. The van der Waals surface area contributed by atoms with Gasteiger partial charge in [0.15, 0.2) is 0 Å². The summed E-state index contributed by atoms with van der Waals surface area (Å²) in [5.74, 6) is 0.425. The average molecular weight is 402 g/mol. The van der Waals surface area contributed by atoms with Crippen molar-refractivity contribution >= 4 is 40.2 Å². The molecular weight excluding hydrogens is 382 g/mol. The smallest absolute Gasteiger partial charge is 0.306 e. The zero-order valence-electron chi connectivity index (χ0n) is 15.1. The molecular formula is C20H20ClN3O2S. The van der Waals surface area contributed by atoms with Crippen LogP contribution in [0.3, 0.4) is 0 Å². The first kappa shape index (κ1) is 18.3. The van der Waals surface area contributed by atoms with Crippen molar-refractivity contribution in [3.63, 3.8) is 0 Å². The predicted molar refractivity (Wildman–Crippen MR) is 108 cm³/mol. The third kappa shape index (κ3) is 3.69. The van der Waals surface area contributed by atoms with E-state index in [-0.39, 0.29) is 11.3 Å². The minimum Gasteiger partial charge on any atom is -0.466 e. The number of hydrogen-bond donors (Lipinski definition) is 0. The zero-order chi connectivity index (χ0) is 18.8. The Bertz CT molecular complexity index is 1000. The van der Waals surface area contributed by atoms with E-state index in [0.29, 0.717) is 18.8 Å². The number of aromatic nitrogens is 3. The first-order chi connectivity index (χ1) is 13.2. The summed E-state index contributed by atoms with van der Waals surface area (Å²) in [6.45, 7) is 3.23. The van der Waals surface area contributed by atoms with Gasteiger partial charge in [-0.1, -0.05) is 18.2 Å².